The molecule has 98 valence electrons. The van der Waals surface area contributed by atoms with Gasteiger partial charge in [0.15, 0.2) is 0 Å². The van der Waals surface area contributed by atoms with Crippen LogP contribution in [0.1, 0.15) is 5.56 Å². The van der Waals surface area contributed by atoms with E-state index in [0.717, 1.165) is 27.7 Å². The molecule has 2 nitrogen and oxygen atoms in total. The summed E-state index contributed by atoms with van der Waals surface area (Å²) in [4.78, 5) is 4.67. The summed E-state index contributed by atoms with van der Waals surface area (Å²) in [6.45, 7) is 3.78. The van der Waals surface area contributed by atoms with Gasteiger partial charge in [-0.2, -0.15) is 0 Å². The van der Waals surface area contributed by atoms with Gasteiger partial charge in [-0.05, 0) is 29.8 Å². The van der Waals surface area contributed by atoms with E-state index in [2.05, 4.69) is 11.6 Å². The zero-order chi connectivity index (χ0) is 14.1. The summed E-state index contributed by atoms with van der Waals surface area (Å²) >= 11 is 6.35. The molecule has 3 rings (SSSR count). The second-order valence-electron chi connectivity index (χ2n) is 4.60. The molecule has 0 amide bonds. The SMILES string of the molecule is C=Cc1ccc2c(Cl)cc(-c3cccc(N)c3)nc2c1. The molecule has 0 saturated heterocycles. The fourth-order valence-electron chi connectivity index (χ4n) is 2.18. The van der Waals surface area contributed by atoms with E-state index in [1.807, 2.05) is 48.5 Å². The molecule has 2 aromatic carbocycles. The molecule has 0 fully saturated rings. The van der Waals surface area contributed by atoms with Crippen molar-refractivity contribution in [3.63, 3.8) is 0 Å². The Morgan fingerprint density at radius 1 is 1.10 bits per heavy atom. The van der Waals surface area contributed by atoms with E-state index in [9.17, 15) is 0 Å². The van der Waals surface area contributed by atoms with E-state index in [1.54, 1.807) is 6.08 Å². The maximum Gasteiger partial charge on any atom is 0.0730 e. The average molecular weight is 281 g/mol. The largest absolute Gasteiger partial charge is 0.399 e. The second kappa shape index (κ2) is 4.99. The van der Waals surface area contributed by atoms with Crippen LogP contribution in [0.25, 0.3) is 28.2 Å². The van der Waals surface area contributed by atoms with E-state index < -0.39 is 0 Å². The normalized spacial score (nSPS) is 10.7. The molecule has 3 aromatic rings. The Hall–Kier alpha value is -2.32. The lowest BCUT2D eigenvalue weighted by Gasteiger charge is -2.07. The van der Waals surface area contributed by atoms with Crippen molar-refractivity contribution >= 4 is 34.3 Å². The van der Waals surface area contributed by atoms with Crippen molar-refractivity contribution in [2.24, 2.45) is 0 Å². The number of benzene rings is 2. The first-order valence-corrected chi connectivity index (χ1v) is 6.64. The molecule has 1 aromatic heterocycles. The summed E-state index contributed by atoms with van der Waals surface area (Å²) in [5.41, 5.74) is 10.2. The molecular weight excluding hydrogens is 268 g/mol. The number of hydrogen-bond donors (Lipinski definition) is 1. The molecule has 0 saturated carbocycles. The van der Waals surface area contributed by atoms with Crippen molar-refractivity contribution in [2.75, 3.05) is 5.73 Å². The van der Waals surface area contributed by atoms with Crippen LogP contribution < -0.4 is 5.73 Å². The number of nitrogen functional groups attached to an aromatic ring is 1. The van der Waals surface area contributed by atoms with Crippen LogP contribution in [0.5, 0.6) is 0 Å². The molecule has 0 aliphatic heterocycles. The fourth-order valence-corrected chi connectivity index (χ4v) is 2.44. The van der Waals surface area contributed by atoms with Crippen molar-refractivity contribution in [2.45, 2.75) is 0 Å². The first kappa shape index (κ1) is 12.7. The van der Waals surface area contributed by atoms with Gasteiger partial charge in [0.25, 0.3) is 0 Å². The first-order chi connectivity index (χ1) is 9.67. The maximum atomic E-state index is 6.35. The van der Waals surface area contributed by atoms with Crippen LogP contribution in [-0.2, 0) is 0 Å². The molecule has 2 N–H and O–H groups in total. The van der Waals surface area contributed by atoms with Crippen molar-refractivity contribution in [1.82, 2.24) is 4.98 Å². The van der Waals surface area contributed by atoms with Crippen molar-refractivity contribution in [3.05, 3.63) is 65.7 Å². The molecule has 20 heavy (non-hydrogen) atoms. The summed E-state index contributed by atoms with van der Waals surface area (Å²) in [7, 11) is 0. The highest BCUT2D eigenvalue weighted by molar-refractivity contribution is 6.35. The van der Waals surface area contributed by atoms with Crippen LogP contribution in [0.15, 0.2) is 55.1 Å². The highest BCUT2D eigenvalue weighted by atomic mass is 35.5. The van der Waals surface area contributed by atoms with E-state index in [0.29, 0.717) is 10.7 Å². The Kier molecular flexibility index (Phi) is 3.17. The minimum atomic E-state index is 0.683. The standard InChI is InChI=1S/C17H13ClN2/c1-2-11-6-7-14-15(18)10-16(20-17(14)8-11)12-4-3-5-13(19)9-12/h2-10H,1,19H2. The number of rotatable bonds is 2. The Morgan fingerprint density at radius 2 is 1.95 bits per heavy atom. The zero-order valence-electron chi connectivity index (χ0n) is 10.8. The number of hydrogen-bond acceptors (Lipinski definition) is 2. The lowest BCUT2D eigenvalue weighted by molar-refractivity contribution is 1.40. The predicted molar refractivity (Wildman–Crippen MR) is 86.7 cm³/mol. The van der Waals surface area contributed by atoms with Gasteiger partial charge in [-0.3, -0.25) is 0 Å². The number of nitrogens with zero attached hydrogens (tertiary/aromatic N) is 1. The van der Waals surface area contributed by atoms with Gasteiger partial charge < -0.3 is 5.73 Å². The van der Waals surface area contributed by atoms with Crippen LogP contribution >= 0.6 is 11.6 Å². The summed E-state index contributed by atoms with van der Waals surface area (Å²) in [5, 5.41) is 1.62. The average Bonchev–Trinajstić information content (AvgIpc) is 2.46. The second-order valence-corrected chi connectivity index (χ2v) is 5.00. The maximum absolute atomic E-state index is 6.35. The molecule has 0 unspecified atom stereocenters. The Balaban J connectivity index is 2.24. The molecule has 1 heterocycles. The summed E-state index contributed by atoms with van der Waals surface area (Å²) in [6.07, 6.45) is 1.79. The van der Waals surface area contributed by atoms with Gasteiger partial charge in [-0.15, -0.1) is 0 Å². The third-order valence-electron chi connectivity index (χ3n) is 3.20. The molecule has 0 spiro atoms. The number of anilines is 1. The van der Waals surface area contributed by atoms with Gasteiger partial charge in [0.2, 0.25) is 0 Å². The van der Waals surface area contributed by atoms with E-state index in [-0.39, 0.29) is 0 Å². The summed E-state index contributed by atoms with van der Waals surface area (Å²) in [5.74, 6) is 0. The minimum Gasteiger partial charge on any atom is -0.399 e. The minimum absolute atomic E-state index is 0.683. The van der Waals surface area contributed by atoms with E-state index in [1.165, 1.54) is 0 Å². The number of halogens is 1. The third kappa shape index (κ3) is 2.26. The molecule has 0 atom stereocenters. The van der Waals surface area contributed by atoms with Crippen molar-refractivity contribution in [3.8, 4) is 11.3 Å². The van der Waals surface area contributed by atoms with E-state index >= 15 is 0 Å². The molecular formula is C17H13ClN2. The molecule has 0 bridgehead atoms. The zero-order valence-corrected chi connectivity index (χ0v) is 11.6. The number of nitrogens with two attached hydrogens (primary N) is 1. The molecule has 0 radical (unpaired) electrons. The molecule has 0 aliphatic carbocycles. The first-order valence-electron chi connectivity index (χ1n) is 6.26. The smallest absolute Gasteiger partial charge is 0.0730 e. The highest BCUT2D eigenvalue weighted by Gasteiger charge is 2.07. The van der Waals surface area contributed by atoms with Crippen LogP contribution in [0.3, 0.4) is 0 Å². The fraction of sp³-hybridized carbons (Fsp3) is 0. The predicted octanol–water partition coefficient (Wildman–Crippen LogP) is 4.78. The van der Waals surface area contributed by atoms with E-state index in [4.69, 9.17) is 17.3 Å². The number of fused-ring (bicyclic) bond motifs is 1. The van der Waals surface area contributed by atoms with Crippen LogP contribution in [0, 0.1) is 0 Å². The molecule has 3 heteroatoms. The molecule has 0 aliphatic rings. The van der Waals surface area contributed by atoms with Gasteiger partial charge >= 0.3 is 0 Å². The third-order valence-corrected chi connectivity index (χ3v) is 3.51. The summed E-state index contributed by atoms with van der Waals surface area (Å²) in [6, 6.07) is 15.4. The lowest BCUT2D eigenvalue weighted by Crippen LogP contribution is -1.89. The Bertz CT molecular complexity index is 809. The van der Waals surface area contributed by atoms with Gasteiger partial charge in [-0.25, -0.2) is 4.98 Å². The Morgan fingerprint density at radius 3 is 2.70 bits per heavy atom. The van der Waals surface area contributed by atoms with Crippen molar-refractivity contribution < 1.29 is 0 Å². The van der Waals surface area contributed by atoms with Crippen LogP contribution in [0.2, 0.25) is 5.02 Å². The summed E-state index contributed by atoms with van der Waals surface area (Å²) < 4.78 is 0. The Labute approximate surface area is 122 Å². The number of pyridine rings is 1. The monoisotopic (exact) mass is 280 g/mol. The highest BCUT2D eigenvalue weighted by Crippen LogP contribution is 2.29. The van der Waals surface area contributed by atoms with Crippen LogP contribution in [-0.4, -0.2) is 4.98 Å². The van der Waals surface area contributed by atoms with Gasteiger partial charge in [0.05, 0.1) is 16.2 Å². The quantitative estimate of drug-likeness (QED) is 0.686. The van der Waals surface area contributed by atoms with Crippen molar-refractivity contribution in [1.29, 1.82) is 0 Å². The lowest BCUT2D eigenvalue weighted by atomic mass is 10.1. The topological polar surface area (TPSA) is 38.9 Å². The van der Waals surface area contributed by atoms with Gasteiger partial charge in [0, 0.05) is 16.6 Å². The van der Waals surface area contributed by atoms with Gasteiger partial charge in [0.1, 0.15) is 0 Å². The van der Waals surface area contributed by atoms with Crippen LogP contribution in [0.4, 0.5) is 5.69 Å². The number of aromatic nitrogens is 1. The van der Waals surface area contributed by atoms with Gasteiger partial charge in [-0.1, -0.05) is 48.5 Å².